The summed E-state index contributed by atoms with van der Waals surface area (Å²) in [4.78, 5) is 4.74. The second-order valence-electron chi connectivity index (χ2n) is 5.97. The lowest BCUT2D eigenvalue weighted by molar-refractivity contribution is 0.314. The molecule has 4 heteroatoms. The number of pyridine rings is 1. The zero-order chi connectivity index (χ0) is 15.9. The van der Waals surface area contributed by atoms with Crippen LogP contribution in [0.5, 0.6) is 5.88 Å². The lowest BCUT2D eigenvalue weighted by Gasteiger charge is -2.08. The summed E-state index contributed by atoms with van der Waals surface area (Å²) >= 11 is 0. The number of ether oxygens (including phenoxy) is 1. The minimum atomic E-state index is 0.637. The van der Waals surface area contributed by atoms with Gasteiger partial charge in [0.15, 0.2) is 0 Å². The summed E-state index contributed by atoms with van der Waals surface area (Å²) in [5.74, 6) is 0.714. The van der Waals surface area contributed by atoms with Crippen molar-refractivity contribution < 1.29 is 9.15 Å². The quantitative estimate of drug-likeness (QED) is 0.573. The molecule has 1 aliphatic heterocycles. The Morgan fingerprint density at radius 2 is 1.83 bits per heavy atom. The first-order valence-corrected chi connectivity index (χ1v) is 8.14. The summed E-state index contributed by atoms with van der Waals surface area (Å²) in [6.07, 6.45) is 0. The van der Waals surface area contributed by atoms with E-state index < -0.39 is 0 Å². The first-order valence-electron chi connectivity index (χ1n) is 8.14. The maximum Gasteiger partial charge on any atom is 0.218 e. The third kappa shape index (κ3) is 2.07. The van der Waals surface area contributed by atoms with Crippen molar-refractivity contribution >= 4 is 21.9 Å². The third-order valence-corrected chi connectivity index (χ3v) is 4.45. The highest BCUT2D eigenvalue weighted by molar-refractivity contribution is 6.09. The number of furan rings is 1. The lowest BCUT2D eigenvalue weighted by Crippen LogP contribution is -2.16. The van der Waals surface area contributed by atoms with Crippen LogP contribution < -0.4 is 10.1 Å². The Morgan fingerprint density at radius 3 is 2.83 bits per heavy atom. The molecule has 1 aliphatic rings. The van der Waals surface area contributed by atoms with Crippen LogP contribution in [0.25, 0.3) is 33.2 Å². The van der Waals surface area contributed by atoms with E-state index >= 15 is 0 Å². The van der Waals surface area contributed by atoms with Gasteiger partial charge in [-0.2, -0.15) is 0 Å². The summed E-state index contributed by atoms with van der Waals surface area (Å²) in [7, 11) is 0. The van der Waals surface area contributed by atoms with E-state index in [-0.39, 0.29) is 0 Å². The molecule has 2 aromatic carbocycles. The molecule has 2 aromatic heterocycles. The zero-order valence-electron chi connectivity index (χ0n) is 13.1. The van der Waals surface area contributed by atoms with Crippen molar-refractivity contribution in [1.82, 2.24) is 10.3 Å². The number of fused-ring (bicyclic) bond motifs is 4. The predicted molar refractivity (Wildman–Crippen MR) is 94.2 cm³/mol. The van der Waals surface area contributed by atoms with Gasteiger partial charge in [0, 0.05) is 35.0 Å². The van der Waals surface area contributed by atoms with Gasteiger partial charge >= 0.3 is 0 Å². The van der Waals surface area contributed by atoms with Crippen LogP contribution in [-0.2, 0) is 6.54 Å². The normalized spacial score (nSPS) is 14.3. The fraction of sp³-hybridized carbons (Fsp3) is 0.150. The van der Waals surface area contributed by atoms with Crippen molar-refractivity contribution in [1.29, 1.82) is 0 Å². The topological polar surface area (TPSA) is 47.3 Å². The molecule has 4 aromatic rings. The maximum atomic E-state index is 6.11. The molecule has 0 spiro atoms. The Labute approximate surface area is 139 Å². The number of benzene rings is 2. The number of hydrogen-bond donors (Lipinski definition) is 1. The summed E-state index contributed by atoms with van der Waals surface area (Å²) in [6, 6.07) is 18.4. The maximum absolute atomic E-state index is 6.11. The average molecular weight is 316 g/mol. The molecule has 3 heterocycles. The summed E-state index contributed by atoms with van der Waals surface area (Å²) < 4.78 is 11.9. The number of aromatic nitrogens is 1. The molecular weight excluding hydrogens is 300 g/mol. The Kier molecular flexibility index (Phi) is 3.03. The first-order chi connectivity index (χ1) is 11.9. The predicted octanol–water partition coefficient (Wildman–Crippen LogP) is 4.13. The fourth-order valence-electron chi connectivity index (χ4n) is 3.27. The monoisotopic (exact) mass is 316 g/mol. The standard InChI is InChI=1S/C20H16N2O2/c1-2-7-18-14(4-1)15-5-3-6-16(19(15)24-18)17-9-8-13-12-21-10-11-23-20(13)22-17/h1-9,21H,10-12H2. The first kappa shape index (κ1) is 13.6. The van der Waals surface area contributed by atoms with E-state index in [9.17, 15) is 0 Å². The van der Waals surface area contributed by atoms with E-state index in [4.69, 9.17) is 14.1 Å². The van der Waals surface area contributed by atoms with Crippen LogP contribution in [0, 0.1) is 0 Å². The number of hydrogen-bond acceptors (Lipinski definition) is 4. The molecule has 0 aliphatic carbocycles. The van der Waals surface area contributed by atoms with Crippen LogP contribution in [0.3, 0.4) is 0 Å². The van der Waals surface area contributed by atoms with Crippen LogP contribution in [0.4, 0.5) is 0 Å². The van der Waals surface area contributed by atoms with Crippen molar-refractivity contribution in [2.45, 2.75) is 6.54 Å². The fourth-order valence-corrected chi connectivity index (χ4v) is 3.27. The molecular formula is C20H16N2O2. The average Bonchev–Trinajstić information content (AvgIpc) is 2.84. The third-order valence-electron chi connectivity index (χ3n) is 4.45. The molecule has 0 atom stereocenters. The molecule has 0 saturated heterocycles. The van der Waals surface area contributed by atoms with Crippen LogP contribution in [0.15, 0.2) is 59.0 Å². The Balaban J connectivity index is 1.73. The smallest absolute Gasteiger partial charge is 0.218 e. The summed E-state index contributed by atoms with van der Waals surface area (Å²) in [5, 5.41) is 5.57. The van der Waals surface area contributed by atoms with E-state index in [1.165, 1.54) is 0 Å². The van der Waals surface area contributed by atoms with E-state index in [0.717, 1.165) is 51.8 Å². The second kappa shape index (κ2) is 5.35. The zero-order valence-corrected chi connectivity index (χ0v) is 13.1. The van der Waals surface area contributed by atoms with E-state index in [0.29, 0.717) is 12.5 Å². The van der Waals surface area contributed by atoms with Gasteiger partial charge in [0.05, 0.1) is 5.69 Å². The summed E-state index contributed by atoms with van der Waals surface area (Å²) in [6.45, 7) is 2.26. The van der Waals surface area contributed by atoms with Gasteiger partial charge in [-0.1, -0.05) is 36.4 Å². The minimum absolute atomic E-state index is 0.637. The van der Waals surface area contributed by atoms with E-state index in [2.05, 4.69) is 29.6 Å². The molecule has 118 valence electrons. The Morgan fingerprint density at radius 1 is 0.917 bits per heavy atom. The molecule has 0 saturated carbocycles. The number of nitrogens with one attached hydrogen (secondary N) is 1. The largest absolute Gasteiger partial charge is 0.476 e. The SMILES string of the molecule is c1ccc2c(c1)oc1c(-c3ccc4c(n3)OCCNC4)cccc12. The van der Waals surface area contributed by atoms with Crippen molar-refractivity contribution in [2.24, 2.45) is 0 Å². The van der Waals surface area contributed by atoms with Crippen molar-refractivity contribution in [3.8, 4) is 17.1 Å². The molecule has 0 fully saturated rings. The van der Waals surface area contributed by atoms with Gasteiger partial charge in [0.25, 0.3) is 0 Å². The van der Waals surface area contributed by atoms with E-state index in [1.54, 1.807) is 0 Å². The minimum Gasteiger partial charge on any atom is -0.476 e. The molecule has 4 nitrogen and oxygen atoms in total. The summed E-state index contributed by atoms with van der Waals surface area (Å²) in [5.41, 5.74) is 4.73. The van der Waals surface area contributed by atoms with Crippen molar-refractivity contribution in [3.63, 3.8) is 0 Å². The highest BCUT2D eigenvalue weighted by Crippen LogP contribution is 2.35. The van der Waals surface area contributed by atoms with Gasteiger partial charge in [-0.15, -0.1) is 0 Å². The number of nitrogens with zero attached hydrogens (tertiary/aromatic N) is 1. The van der Waals surface area contributed by atoms with Gasteiger partial charge in [-0.3, -0.25) is 0 Å². The molecule has 0 bridgehead atoms. The molecule has 24 heavy (non-hydrogen) atoms. The van der Waals surface area contributed by atoms with Crippen molar-refractivity contribution in [3.05, 3.63) is 60.2 Å². The second-order valence-corrected chi connectivity index (χ2v) is 5.97. The van der Waals surface area contributed by atoms with E-state index in [1.807, 2.05) is 30.3 Å². The van der Waals surface area contributed by atoms with Gasteiger partial charge in [0.2, 0.25) is 5.88 Å². The van der Waals surface area contributed by atoms with Gasteiger partial charge in [0.1, 0.15) is 17.8 Å². The van der Waals surface area contributed by atoms with Gasteiger partial charge in [-0.25, -0.2) is 4.98 Å². The van der Waals surface area contributed by atoms with Gasteiger partial charge < -0.3 is 14.5 Å². The van der Waals surface area contributed by atoms with Crippen LogP contribution >= 0.6 is 0 Å². The Hall–Kier alpha value is -2.85. The molecule has 0 radical (unpaired) electrons. The highest BCUT2D eigenvalue weighted by atomic mass is 16.5. The molecule has 1 N–H and O–H groups in total. The molecule has 0 amide bonds. The lowest BCUT2D eigenvalue weighted by atomic mass is 10.1. The van der Waals surface area contributed by atoms with Crippen molar-refractivity contribution in [2.75, 3.05) is 13.2 Å². The highest BCUT2D eigenvalue weighted by Gasteiger charge is 2.15. The van der Waals surface area contributed by atoms with Crippen LogP contribution in [0.1, 0.15) is 5.56 Å². The van der Waals surface area contributed by atoms with Gasteiger partial charge in [-0.05, 0) is 18.2 Å². The van der Waals surface area contributed by atoms with Crippen LogP contribution in [0.2, 0.25) is 0 Å². The van der Waals surface area contributed by atoms with Crippen LogP contribution in [-0.4, -0.2) is 18.1 Å². The molecule has 0 unspecified atom stereocenters. The number of rotatable bonds is 1. The number of para-hydroxylation sites is 2. The molecule has 5 rings (SSSR count). The Bertz CT molecular complexity index is 1050.